The maximum atomic E-state index is 14.2. The number of rotatable bonds is 8. The lowest BCUT2D eigenvalue weighted by Gasteiger charge is -2.17. The number of halogens is 2. The molecule has 2 N–H and O–H groups in total. The zero-order valence-electron chi connectivity index (χ0n) is 15.4. The van der Waals surface area contributed by atoms with Crippen LogP contribution in [0.15, 0.2) is 40.6 Å². The van der Waals surface area contributed by atoms with Gasteiger partial charge in [-0.15, -0.1) is 0 Å². The van der Waals surface area contributed by atoms with Gasteiger partial charge in [0.2, 0.25) is 0 Å². The molecule has 2 aromatic rings. The largest absolute Gasteiger partial charge is 0.502 e. The number of carbonyl (C=O) groups is 1. The second-order valence-electron chi connectivity index (χ2n) is 5.83. The zero-order valence-corrected chi connectivity index (χ0v) is 17.6. The van der Waals surface area contributed by atoms with Crippen LogP contribution in [0, 0.1) is 9.39 Å². The van der Waals surface area contributed by atoms with Gasteiger partial charge in [-0.1, -0.05) is 6.58 Å². The third kappa shape index (κ3) is 4.80. The number of anilines is 2. The number of hydrogen-bond donors (Lipinski definition) is 2. The van der Waals surface area contributed by atoms with Crippen LogP contribution in [-0.4, -0.2) is 28.2 Å². The van der Waals surface area contributed by atoms with Gasteiger partial charge in [0.05, 0.1) is 18.6 Å². The van der Waals surface area contributed by atoms with Crippen LogP contribution in [0.5, 0.6) is 0 Å². The number of ether oxygens (including phenoxy) is 1. The van der Waals surface area contributed by atoms with Crippen LogP contribution < -0.4 is 21.9 Å². The molecule has 0 radical (unpaired) electrons. The van der Waals surface area contributed by atoms with Gasteiger partial charge < -0.3 is 15.4 Å². The number of aromatic nitrogens is 2. The summed E-state index contributed by atoms with van der Waals surface area (Å²) in [6.45, 7) is 4.02. The molecular formula is C18H20FIN4O4. The van der Waals surface area contributed by atoms with Crippen molar-refractivity contribution in [2.75, 3.05) is 18.5 Å². The van der Waals surface area contributed by atoms with Crippen molar-refractivity contribution in [3.63, 3.8) is 0 Å². The number of amides is 1. The van der Waals surface area contributed by atoms with Crippen LogP contribution in [0.1, 0.15) is 16.8 Å². The zero-order chi connectivity index (χ0) is 20.8. The normalized spacial score (nSPS) is 10.4. The summed E-state index contributed by atoms with van der Waals surface area (Å²) in [6, 6.07) is 4.42. The lowest BCUT2D eigenvalue weighted by Crippen LogP contribution is -2.43. The molecule has 0 atom stereocenters. The maximum Gasteiger partial charge on any atom is 0.332 e. The molecule has 1 aromatic carbocycles. The Kier molecular flexibility index (Phi) is 7.38. The Hall–Kier alpha value is -2.63. The van der Waals surface area contributed by atoms with Crippen molar-refractivity contribution in [2.45, 2.75) is 6.42 Å². The van der Waals surface area contributed by atoms with Gasteiger partial charge in [-0.2, -0.15) is 0 Å². The summed E-state index contributed by atoms with van der Waals surface area (Å²) in [7, 11) is 2.66. The minimum atomic E-state index is -0.781. The summed E-state index contributed by atoms with van der Waals surface area (Å²) in [5, 5.41) is 5.31. The second kappa shape index (κ2) is 9.53. The van der Waals surface area contributed by atoms with E-state index in [0.717, 1.165) is 9.13 Å². The molecule has 1 aromatic heterocycles. The molecule has 0 aliphatic heterocycles. The van der Waals surface area contributed by atoms with E-state index < -0.39 is 23.0 Å². The fourth-order valence-electron chi connectivity index (χ4n) is 2.44. The third-order valence-corrected chi connectivity index (χ3v) is 4.59. The van der Waals surface area contributed by atoms with Gasteiger partial charge in [0.1, 0.15) is 17.2 Å². The molecule has 0 spiro atoms. The van der Waals surface area contributed by atoms with E-state index in [4.69, 9.17) is 4.74 Å². The molecule has 0 saturated carbocycles. The van der Waals surface area contributed by atoms with E-state index >= 15 is 0 Å². The van der Waals surface area contributed by atoms with E-state index in [0.29, 0.717) is 16.6 Å². The van der Waals surface area contributed by atoms with Crippen molar-refractivity contribution in [2.24, 2.45) is 14.1 Å². The second-order valence-corrected chi connectivity index (χ2v) is 7.07. The quantitative estimate of drug-likeness (QED) is 0.327. The summed E-state index contributed by atoms with van der Waals surface area (Å²) in [5.41, 5.74) is -1.67. The highest BCUT2D eigenvalue weighted by Crippen LogP contribution is 2.22. The van der Waals surface area contributed by atoms with Crippen LogP contribution in [0.4, 0.5) is 15.9 Å². The van der Waals surface area contributed by atoms with Crippen LogP contribution in [0.3, 0.4) is 0 Å². The predicted octanol–water partition coefficient (Wildman–Crippen LogP) is 1.85. The minimum absolute atomic E-state index is 0.0390. The molecule has 0 unspecified atom stereocenters. The number of nitrogens with one attached hydrogen (secondary N) is 2. The van der Waals surface area contributed by atoms with Crippen molar-refractivity contribution in [3.8, 4) is 0 Å². The van der Waals surface area contributed by atoms with Gasteiger partial charge in [0.15, 0.2) is 0 Å². The molecule has 0 bridgehead atoms. The van der Waals surface area contributed by atoms with Gasteiger partial charge in [-0.25, -0.2) is 9.18 Å². The van der Waals surface area contributed by atoms with E-state index in [1.807, 2.05) is 22.6 Å². The SMILES string of the molecule is C=COCCCNC(=O)c1c(Nc2ccc(I)cc2F)n(C)c(=O)n(C)c1=O. The Morgan fingerprint density at radius 3 is 2.68 bits per heavy atom. The Morgan fingerprint density at radius 2 is 2.04 bits per heavy atom. The highest BCUT2D eigenvalue weighted by molar-refractivity contribution is 14.1. The fraction of sp³-hybridized carbons (Fsp3) is 0.278. The lowest BCUT2D eigenvalue weighted by molar-refractivity contribution is 0.0948. The third-order valence-electron chi connectivity index (χ3n) is 3.92. The highest BCUT2D eigenvalue weighted by Gasteiger charge is 2.22. The average Bonchev–Trinajstić information content (AvgIpc) is 2.66. The first kappa shape index (κ1) is 21.7. The number of benzene rings is 1. The van der Waals surface area contributed by atoms with Crippen molar-refractivity contribution in [1.82, 2.24) is 14.5 Å². The van der Waals surface area contributed by atoms with E-state index in [-0.39, 0.29) is 23.6 Å². The van der Waals surface area contributed by atoms with Gasteiger partial charge in [0.25, 0.3) is 11.5 Å². The lowest BCUT2D eigenvalue weighted by atomic mass is 10.2. The summed E-state index contributed by atoms with van der Waals surface area (Å²) in [5.74, 6) is -1.34. The van der Waals surface area contributed by atoms with Gasteiger partial charge in [-0.05, 0) is 47.2 Å². The molecular weight excluding hydrogens is 482 g/mol. The summed E-state index contributed by atoms with van der Waals surface area (Å²) in [4.78, 5) is 37.5. The average molecular weight is 502 g/mol. The first-order valence-electron chi connectivity index (χ1n) is 8.30. The molecule has 10 heteroatoms. The first-order chi connectivity index (χ1) is 13.3. The van der Waals surface area contributed by atoms with Gasteiger partial charge >= 0.3 is 5.69 Å². The van der Waals surface area contributed by atoms with Crippen LogP contribution in [0.25, 0.3) is 0 Å². The molecule has 0 fully saturated rings. The number of hydrogen-bond acceptors (Lipinski definition) is 5. The number of carbonyl (C=O) groups excluding carboxylic acids is 1. The smallest absolute Gasteiger partial charge is 0.332 e. The molecule has 0 aliphatic rings. The van der Waals surface area contributed by atoms with E-state index in [1.54, 1.807) is 6.07 Å². The summed E-state index contributed by atoms with van der Waals surface area (Å²) >= 11 is 1.96. The van der Waals surface area contributed by atoms with Gasteiger partial charge in [0, 0.05) is 24.2 Å². The van der Waals surface area contributed by atoms with Crippen LogP contribution in [-0.2, 0) is 18.8 Å². The van der Waals surface area contributed by atoms with E-state index in [1.165, 1.54) is 32.5 Å². The Morgan fingerprint density at radius 1 is 1.32 bits per heavy atom. The number of nitrogens with zero attached hydrogens (tertiary/aromatic N) is 2. The minimum Gasteiger partial charge on any atom is -0.502 e. The Labute approximate surface area is 174 Å². The Balaban J connectivity index is 2.43. The van der Waals surface area contributed by atoms with Crippen LogP contribution >= 0.6 is 22.6 Å². The molecule has 28 heavy (non-hydrogen) atoms. The molecule has 1 amide bonds. The van der Waals surface area contributed by atoms with Crippen molar-refractivity contribution in [1.29, 1.82) is 0 Å². The van der Waals surface area contributed by atoms with Crippen molar-refractivity contribution in [3.05, 3.63) is 66.8 Å². The summed E-state index contributed by atoms with van der Waals surface area (Å²) < 4.78 is 21.8. The Bertz CT molecular complexity index is 1020. The molecule has 0 saturated heterocycles. The molecule has 150 valence electrons. The fourth-order valence-corrected chi connectivity index (χ4v) is 2.90. The molecule has 8 nitrogen and oxygen atoms in total. The molecule has 2 rings (SSSR count). The van der Waals surface area contributed by atoms with E-state index in [2.05, 4.69) is 17.2 Å². The topological polar surface area (TPSA) is 94.4 Å². The highest BCUT2D eigenvalue weighted by atomic mass is 127. The van der Waals surface area contributed by atoms with Gasteiger partial charge in [-0.3, -0.25) is 18.7 Å². The van der Waals surface area contributed by atoms with Crippen molar-refractivity contribution >= 4 is 40.0 Å². The monoisotopic (exact) mass is 502 g/mol. The van der Waals surface area contributed by atoms with E-state index in [9.17, 15) is 18.8 Å². The predicted molar refractivity (Wildman–Crippen MR) is 112 cm³/mol. The van der Waals surface area contributed by atoms with Crippen molar-refractivity contribution < 1.29 is 13.9 Å². The molecule has 0 aliphatic carbocycles. The summed E-state index contributed by atoms with van der Waals surface area (Å²) in [6.07, 6.45) is 1.79. The van der Waals surface area contributed by atoms with Crippen LogP contribution in [0.2, 0.25) is 0 Å². The first-order valence-corrected chi connectivity index (χ1v) is 9.38. The molecule has 1 heterocycles. The standard InChI is InChI=1S/C18H20FIN4O4/c1-4-28-9-5-8-21-16(25)14-15(23(2)18(27)24(3)17(14)26)22-13-7-6-11(20)10-12(13)19/h4,6-7,10,22H,1,5,8-9H2,2-3H3,(H,21,25). The maximum absolute atomic E-state index is 14.2.